The fourth-order valence-corrected chi connectivity index (χ4v) is 2.16. The number of rotatable bonds is 10. The second kappa shape index (κ2) is 9.16. The maximum atomic E-state index is 5.84. The fraction of sp³-hybridized carbons (Fsp3) is 0.750. The minimum atomic E-state index is 0.675. The van der Waals surface area contributed by atoms with Gasteiger partial charge in [-0.2, -0.15) is 0 Å². The van der Waals surface area contributed by atoms with Crippen LogP contribution in [0.5, 0.6) is 0 Å². The van der Waals surface area contributed by atoms with Gasteiger partial charge < -0.3 is 14.5 Å². The Morgan fingerprint density at radius 2 is 2.15 bits per heavy atom. The van der Waals surface area contributed by atoms with Gasteiger partial charge in [-0.05, 0) is 38.9 Å². The lowest BCUT2D eigenvalue weighted by Crippen LogP contribution is -2.20. The Hall–Kier alpha value is -0.840. The Kier molecular flexibility index (Phi) is 7.88. The lowest BCUT2D eigenvalue weighted by atomic mass is 10.2. The van der Waals surface area contributed by atoms with Crippen molar-refractivity contribution in [2.45, 2.75) is 40.3 Å². The summed E-state index contributed by atoms with van der Waals surface area (Å²) in [5.74, 6) is 2.75. The third-order valence-electron chi connectivity index (χ3n) is 3.25. The number of aryl methyl sites for hydroxylation is 1. The molecule has 0 aliphatic rings. The van der Waals surface area contributed by atoms with Crippen molar-refractivity contribution in [3.63, 3.8) is 0 Å². The van der Waals surface area contributed by atoms with E-state index in [9.17, 15) is 0 Å². The summed E-state index contributed by atoms with van der Waals surface area (Å²) in [5.41, 5.74) is 1.27. The summed E-state index contributed by atoms with van der Waals surface area (Å²) in [4.78, 5) is 2.27. The van der Waals surface area contributed by atoms with Gasteiger partial charge in [0, 0.05) is 32.4 Å². The first-order valence-electron chi connectivity index (χ1n) is 7.49. The SMILES string of the molecule is COCCCN(C)Cc1cc(CNCC(C)C)c(C)o1. The van der Waals surface area contributed by atoms with Crippen molar-refractivity contribution in [3.05, 3.63) is 23.2 Å². The molecule has 0 aromatic carbocycles. The minimum Gasteiger partial charge on any atom is -0.465 e. The number of hydrogen-bond donors (Lipinski definition) is 1. The molecule has 0 aliphatic carbocycles. The Labute approximate surface area is 123 Å². The van der Waals surface area contributed by atoms with E-state index in [-0.39, 0.29) is 0 Å². The zero-order valence-corrected chi connectivity index (χ0v) is 13.7. The largest absolute Gasteiger partial charge is 0.465 e. The molecule has 0 unspecified atom stereocenters. The predicted octanol–water partition coefficient (Wildman–Crippen LogP) is 2.80. The zero-order valence-electron chi connectivity index (χ0n) is 13.7. The number of nitrogens with one attached hydrogen (secondary N) is 1. The normalized spacial score (nSPS) is 11.8. The molecule has 4 nitrogen and oxygen atoms in total. The molecule has 0 bridgehead atoms. The third-order valence-corrected chi connectivity index (χ3v) is 3.25. The van der Waals surface area contributed by atoms with Crippen LogP contribution in [0.2, 0.25) is 0 Å². The number of furan rings is 1. The molecule has 4 heteroatoms. The summed E-state index contributed by atoms with van der Waals surface area (Å²) in [6.07, 6.45) is 1.05. The number of nitrogens with zero attached hydrogens (tertiary/aromatic N) is 1. The summed E-state index contributed by atoms with van der Waals surface area (Å²) < 4.78 is 10.9. The molecule has 1 heterocycles. The standard InChI is InChI=1S/C16H30N2O2/c1-13(2)10-17-11-15-9-16(20-14(15)3)12-18(4)7-6-8-19-5/h9,13,17H,6-8,10-12H2,1-5H3. The van der Waals surface area contributed by atoms with E-state index in [1.54, 1.807) is 7.11 Å². The van der Waals surface area contributed by atoms with E-state index < -0.39 is 0 Å². The van der Waals surface area contributed by atoms with Gasteiger partial charge in [-0.15, -0.1) is 0 Å². The van der Waals surface area contributed by atoms with E-state index in [0.717, 1.165) is 50.7 Å². The average molecular weight is 282 g/mol. The molecule has 0 atom stereocenters. The van der Waals surface area contributed by atoms with Crippen LogP contribution in [0, 0.1) is 12.8 Å². The van der Waals surface area contributed by atoms with Gasteiger partial charge >= 0.3 is 0 Å². The average Bonchev–Trinajstić information content (AvgIpc) is 2.69. The van der Waals surface area contributed by atoms with E-state index in [0.29, 0.717) is 5.92 Å². The Balaban J connectivity index is 2.39. The van der Waals surface area contributed by atoms with Crippen LogP contribution >= 0.6 is 0 Å². The van der Waals surface area contributed by atoms with Gasteiger partial charge in [0.15, 0.2) is 0 Å². The van der Waals surface area contributed by atoms with Gasteiger partial charge in [-0.1, -0.05) is 13.8 Å². The lowest BCUT2D eigenvalue weighted by Gasteiger charge is -2.14. The monoisotopic (exact) mass is 282 g/mol. The highest BCUT2D eigenvalue weighted by molar-refractivity contribution is 5.20. The molecule has 1 rings (SSSR count). The molecular formula is C16H30N2O2. The van der Waals surface area contributed by atoms with Crippen molar-refractivity contribution in [1.82, 2.24) is 10.2 Å². The van der Waals surface area contributed by atoms with Crippen molar-refractivity contribution in [3.8, 4) is 0 Å². The molecule has 0 spiro atoms. The third kappa shape index (κ3) is 6.55. The second-order valence-corrected chi connectivity index (χ2v) is 5.90. The molecule has 116 valence electrons. The van der Waals surface area contributed by atoms with Gasteiger partial charge in [0.1, 0.15) is 11.5 Å². The predicted molar refractivity (Wildman–Crippen MR) is 82.8 cm³/mol. The Bertz CT molecular complexity index is 375. The molecule has 1 N–H and O–H groups in total. The quantitative estimate of drug-likeness (QED) is 0.670. The van der Waals surface area contributed by atoms with Crippen molar-refractivity contribution in [1.29, 1.82) is 0 Å². The summed E-state index contributed by atoms with van der Waals surface area (Å²) in [6, 6.07) is 2.18. The van der Waals surface area contributed by atoms with E-state index >= 15 is 0 Å². The van der Waals surface area contributed by atoms with Crippen LogP contribution in [-0.4, -0.2) is 38.8 Å². The number of methoxy groups -OCH3 is 1. The molecule has 0 saturated heterocycles. The van der Waals surface area contributed by atoms with Crippen LogP contribution in [0.3, 0.4) is 0 Å². The second-order valence-electron chi connectivity index (χ2n) is 5.90. The van der Waals surface area contributed by atoms with E-state index in [1.807, 2.05) is 6.92 Å². The van der Waals surface area contributed by atoms with Gasteiger partial charge in [-0.25, -0.2) is 0 Å². The van der Waals surface area contributed by atoms with Crippen LogP contribution in [0.1, 0.15) is 37.4 Å². The van der Waals surface area contributed by atoms with E-state index in [1.165, 1.54) is 5.56 Å². The van der Waals surface area contributed by atoms with Gasteiger partial charge in [-0.3, -0.25) is 4.90 Å². The van der Waals surface area contributed by atoms with Crippen LogP contribution < -0.4 is 5.32 Å². The minimum absolute atomic E-state index is 0.675. The molecule has 1 aromatic heterocycles. The van der Waals surface area contributed by atoms with Gasteiger partial charge in [0.25, 0.3) is 0 Å². The topological polar surface area (TPSA) is 37.6 Å². The highest BCUT2D eigenvalue weighted by Gasteiger charge is 2.09. The molecule has 0 saturated carbocycles. The van der Waals surface area contributed by atoms with Crippen LogP contribution in [0.4, 0.5) is 0 Å². The van der Waals surface area contributed by atoms with Crippen LogP contribution in [0.15, 0.2) is 10.5 Å². The summed E-state index contributed by atoms with van der Waals surface area (Å²) >= 11 is 0. The molecule has 0 amide bonds. The van der Waals surface area contributed by atoms with Crippen LogP contribution in [0.25, 0.3) is 0 Å². The molecule has 0 aliphatic heterocycles. The molecule has 0 fully saturated rings. The maximum Gasteiger partial charge on any atom is 0.118 e. The first-order chi connectivity index (χ1) is 9.52. The molecular weight excluding hydrogens is 252 g/mol. The molecule has 20 heavy (non-hydrogen) atoms. The first kappa shape index (κ1) is 17.2. The fourth-order valence-electron chi connectivity index (χ4n) is 2.16. The van der Waals surface area contributed by atoms with E-state index in [4.69, 9.17) is 9.15 Å². The van der Waals surface area contributed by atoms with Crippen molar-refractivity contribution in [2.75, 3.05) is 33.9 Å². The zero-order chi connectivity index (χ0) is 15.0. The highest BCUT2D eigenvalue weighted by Crippen LogP contribution is 2.16. The Morgan fingerprint density at radius 3 is 2.80 bits per heavy atom. The summed E-state index contributed by atoms with van der Waals surface area (Å²) in [6.45, 7) is 11.1. The lowest BCUT2D eigenvalue weighted by molar-refractivity contribution is 0.175. The molecule has 0 radical (unpaired) electrons. The van der Waals surface area contributed by atoms with Crippen molar-refractivity contribution >= 4 is 0 Å². The van der Waals surface area contributed by atoms with E-state index in [2.05, 4.69) is 37.2 Å². The maximum absolute atomic E-state index is 5.84. The van der Waals surface area contributed by atoms with Gasteiger partial charge in [0.05, 0.1) is 6.54 Å². The molecule has 1 aromatic rings. The highest BCUT2D eigenvalue weighted by atomic mass is 16.5. The van der Waals surface area contributed by atoms with Crippen molar-refractivity contribution in [2.24, 2.45) is 5.92 Å². The van der Waals surface area contributed by atoms with Crippen molar-refractivity contribution < 1.29 is 9.15 Å². The summed E-state index contributed by atoms with van der Waals surface area (Å²) in [7, 11) is 3.86. The smallest absolute Gasteiger partial charge is 0.118 e. The first-order valence-corrected chi connectivity index (χ1v) is 7.49. The Morgan fingerprint density at radius 1 is 1.40 bits per heavy atom. The number of ether oxygens (including phenoxy) is 1. The van der Waals surface area contributed by atoms with Gasteiger partial charge in [0.2, 0.25) is 0 Å². The summed E-state index contributed by atoms with van der Waals surface area (Å²) in [5, 5.41) is 3.46. The van der Waals surface area contributed by atoms with Crippen LogP contribution in [-0.2, 0) is 17.8 Å². The number of hydrogen-bond acceptors (Lipinski definition) is 4.